The average Bonchev–Trinajstić information content (AvgIpc) is 0.766. The van der Waals surface area contributed by atoms with Gasteiger partial charge in [-0.2, -0.15) is 0 Å². The molecule has 0 aromatic heterocycles. The van der Waals surface area contributed by atoms with Crippen LogP contribution in [0.5, 0.6) is 0 Å². The Bertz CT molecular complexity index is 3290. The number of aliphatic hydroxyl groups is 4. The van der Waals surface area contributed by atoms with Gasteiger partial charge in [-0.3, -0.25) is 45.2 Å². The molecule has 0 spiro atoms. The summed E-state index contributed by atoms with van der Waals surface area (Å²) in [5.74, 6) is -1.60. The molecular weight excluding hydrogens is 1300 g/mol. The van der Waals surface area contributed by atoms with E-state index in [0.29, 0.717) is 49.2 Å². The molecule has 9 N–H and O–H groups in total. The maximum atomic E-state index is 14.2. The second kappa shape index (κ2) is 34.0. The van der Waals surface area contributed by atoms with E-state index in [1.54, 1.807) is 52.5 Å². The zero-order chi connectivity index (χ0) is 71.8. The van der Waals surface area contributed by atoms with Crippen LogP contribution < -0.4 is 26.6 Å². The molecule has 5 amide bonds. The van der Waals surface area contributed by atoms with Crippen LogP contribution in [-0.2, 0) is 72.0 Å². The molecule has 3 aliphatic heterocycles. The highest BCUT2D eigenvalue weighted by atomic mass is 16.7. The fourth-order valence-electron chi connectivity index (χ4n) is 11.1. The summed E-state index contributed by atoms with van der Waals surface area (Å²) in [6.45, 7) is 10.8. The Balaban J connectivity index is 1.18. The lowest BCUT2D eigenvalue weighted by Gasteiger charge is -2.50. The van der Waals surface area contributed by atoms with E-state index in [9.17, 15) is 79.5 Å². The second-order valence-electron chi connectivity index (χ2n) is 26.2. The zero-order valence-corrected chi connectivity index (χ0v) is 55.4. The number of nitrogens with one attached hydrogen (secondary N) is 5. The van der Waals surface area contributed by atoms with Gasteiger partial charge in [0.15, 0.2) is 12.5 Å². The molecule has 35 nitrogen and oxygen atoms in total. The monoisotopic (exact) mass is 1380 g/mol. The van der Waals surface area contributed by atoms with Gasteiger partial charge >= 0.3 is 30.3 Å². The van der Waals surface area contributed by atoms with Crippen molar-refractivity contribution >= 4 is 53.3 Å². The first-order valence-corrected chi connectivity index (χ1v) is 31.6. The lowest BCUT2D eigenvalue weighted by Crippen LogP contribution is -2.71. The first-order chi connectivity index (χ1) is 46.1. The summed E-state index contributed by atoms with van der Waals surface area (Å²) in [4.78, 5) is 116. The molecule has 2 saturated heterocycles. The van der Waals surface area contributed by atoms with Gasteiger partial charge in [0.1, 0.15) is 66.8 Å². The highest BCUT2D eigenvalue weighted by Gasteiger charge is 2.55. The van der Waals surface area contributed by atoms with Crippen molar-refractivity contribution in [3.8, 4) is 0 Å². The number of nitro benzene ring substituents is 3. The maximum Gasteiger partial charge on any atom is 0.410 e. The molecule has 3 heterocycles. The normalized spacial score (nSPS) is 24.6. The molecule has 3 fully saturated rings. The molecule has 35 heteroatoms. The Morgan fingerprint density at radius 1 is 0.694 bits per heavy atom. The maximum absolute atomic E-state index is 14.2. The Kier molecular flexibility index (Phi) is 26.5. The number of alkyl carbamates (subject to hydrolysis) is 2. The number of rotatable bonds is 26. The average molecular weight is 1380 g/mol. The van der Waals surface area contributed by atoms with Gasteiger partial charge in [0.05, 0.1) is 58.5 Å². The summed E-state index contributed by atoms with van der Waals surface area (Å²) in [5, 5.41) is 95.6. The van der Waals surface area contributed by atoms with Crippen LogP contribution in [0.2, 0.25) is 0 Å². The molecule has 4 aliphatic rings. The SMILES string of the molecule is CN(C(=O)OC(C)(C)C)[C@@H]1[C@@H](O)[C@@H](O[C@@H]2[C@@H](O)[C@H](O[C@H]3OC(CNCC4CCN(C(=O)OC(C)(C)C)CC4)=CC[C@H]3NC(=O)OCc3ccc([N+](=O)[O-])cc3)[C@@H](NC(=O)OCc3ccc([N+](=O)[O-])cc3)C[C@H]2NC(=O)[C@H](O)NCCC(=O)OCc2ccc([N+](=O)[O-])cc2)OC[C@]1(C)O. The van der Waals surface area contributed by atoms with E-state index in [4.69, 9.17) is 42.6 Å². The minimum absolute atomic E-state index is 0.0314. The van der Waals surface area contributed by atoms with Crippen LogP contribution >= 0.6 is 0 Å². The van der Waals surface area contributed by atoms with Crippen molar-refractivity contribution in [2.24, 2.45) is 5.92 Å². The van der Waals surface area contributed by atoms with Crippen molar-refractivity contribution in [3.63, 3.8) is 0 Å². The van der Waals surface area contributed by atoms with Gasteiger partial charge in [0.25, 0.3) is 23.0 Å². The highest BCUT2D eigenvalue weighted by molar-refractivity contribution is 5.80. The Labute approximate surface area is 563 Å². The lowest BCUT2D eigenvalue weighted by molar-refractivity contribution is -0.385. The first kappa shape index (κ1) is 76.4. The Morgan fingerprint density at radius 2 is 1.17 bits per heavy atom. The lowest BCUT2D eigenvalue weighted by atomic mass is 9.82. The van der Waals surface area contributed by atoms with Gasteiger partial charge in [-0.25, -0.2) is 19.2 Å². The molecule has 3 aromatic carbocycles. The van der Waals surface area contributed by atoms with Crippen molar-refractivity contribution in [1.82, 2.24) is 36.4 Å². The topological polar surface area (TPSA) is 462 Å². The largest absolute Gasteiger partial charge is 0.466 e. The number of hydrogen-bond acceptors (Lipinski definition) is 27. The number of nitro groups is 3. The number of likely N-dealkylation sites (N-methyl/N-ethyl adjacent to an activating group) is 1. The molecule has 98 heavy (non-hydrogen) atoms. The predicted molar refractivity (Wildman–Crippen MR) is 339 cm³/mol. The fourth-order valence-corrected chi connectivity index (χ4v) is 11.1. The number of hydrogen-bond donors (Lipinski definition) is 9. The van der Waals surface area contributed by atoms with E-state index in [-0.39, 0.29) is 61.5 Å². The number of nitrogens with zero attached hydrogens (tertiary/aromatic N) is 5. The number of likely N-dealkylation sites (tertiary alicyclic amines) is 1. The Hall–Kier alpha value is -8.94. The molecule has 1 saturated carbocycles. The summed E-state index contributed by atoms with van der Waals surface area (Å²) in [6, 6.07) is 9.74. The number of carbonyl (C=O) groups excluding carboxylic acids is 6. The van der Waals surface area contributed by atoms with Crippen LogP contribution in [0.25, 0.3) is 0 Å². The molecule has 538 valence electrons. The number of aliphatic hydroxyl groups excluding tert-OH is 3. The van der Waals surface area contributed by atoms with Crippen LogP contribution in [0.1, 0.15) is 97.3 Å². The van der Waals surface area contributed by atoms with Gasteiger partial charge in [0, 0.05) is 63.1 Å². The van der Waals surface area contributed by atoms with Crippen LogP contribution in [-0.4, -0.2) is 212 Å². The number of ether oxygens (including phenoxy) is 9. The van der Waals surface area contributed by atoms with Crippen LogP contribution in [0.15, 0.2) is 84.6 Å². The van der Waals surface area contributed by atoms with Gasteiger partial charge in [-0.05, 0) is 146 Å². The van der Waals surface area contributed by atoms with Gasteiger partial charge in [-0.15, -0.1) is 0 Å². The molecule has 7 rings (SSSR count). The third-order valence-corrected chi connectivity index (χ3v) is 16.1. The molecular formula is C63H86N10O25. The van der Waals surface area contributed by atoms with Crippen molar-refractivity contribution in [2.45, 2.75) is 185 Å². The van der Waals surface area contributed by atoms with Crippen LogP contribution in [0, 0.1) is 36.3 Å². The summed E-state index contributed by atoms with van der Waals surface area (Å²) in [7, 11) is 1.25. The number of piperidine rings is 1. The van der Waals surface area contributed by atoms with E-state index in [2.05, 4.69) is 26.6 Å². The number of benzene rings is 3. The molecule has 12 atom stereocenters. The third kappa shape index (κ3) is 22.6. The van der Waals surface area contributed by atoms with Crippen LogP contribution in [0.3, 0.4) is 0 Å². The number of carbonyl (C=O) groups is 6. The summed E-state index contributed by atoms with van der Waals surface area (Å²) in [6.07, 6.45) is -14.9. The number of non-ortho nitro benzene ring substituents is 3. The predicted octanol–water partition coefficient (Wildman–Crippen LogP) is 3.93. The summed E-state index contributed by atoms with van der Waals surface area (Å²) in [5.41, 5.74) is -3.22. The van der Waals surface area contributed by atoms with Crippen molar-refractivity contribution in [1.29, 1.82) is 0 Å². The van der Waals surface area contributed by atoms with E-state index < -0.39 is 161 Å². The standard InChI is InChI=1S/C63H86N10O25/c1-61(2,3)97-59(81)69(8)52-49(76)56(93-35-63(52,7)83)96-50-45(66-54(78)53(77)65-26-23-47(74)90-32-37-9-15-40(16-10-37)71(84)85)29-46(68-58(80)92-34-39-13-19-42(20-14-39)73(88)89)51(48(50)75)95-55-44(67-57(79)91-33-38-11-17-41(18-12-38)72(86)87)22-21-43(94-55)31-64-30-36-24-27-70(28-25-36)60(82)98-62(4,5)6/h9-21,36,44-46,48-53,55-56,64-65,75-77,83H,22-35H2,1-8H3,(H,66,78)(H,67,79)(H,68,80)/t44-,45-,46+,48-,49-,50+,51-,52-,53+,55-,56-,63+/m1/s1. The fraction of sp³-hybridized carbons (Fsp3) is 0.587. The van der Waals surface area contributed by atoms with Crippen molar-refractivity contribution in [2.75, 3.05) is 46.4 Å². The minimum Gasteiger partial charge on any atom is -0.466 e. The van der Waals surface area contributed by atoms with Crippen molar-refractivity contribution < 1.29 is 107 Å². The zero-order valence-electron chi connectivity index (χ0n) is 55.4. The van der Waals surface area contributed by atoms with E-state index in [1.807, 2.05) is 0 Å². The van der Waals surface area contributed by atoms with Gasteiger partial charge in [-0.1, -0.05) is 0 Å². The number of amides is 5. The second-order valence-corrected chi connectivity index (χ2v) is 26.2. The summed E-state index contributed by atoms with van der Waals surface area (Å²) >= 11 is 0. The molecule has 0 unspecified atom stereocenters. The Morgan fingerprint density at radius 3 is 1.67 bits per heavy atom. The summed E-state index contributed by atoms with van der Waals surface area (Å²) < 4.78 is 53.0. The van der Waals surface area contributed by atoms with Crippen molar-refractivity contribution in [3.05, 3.63) is 132 Å². The van der Waals surface area contributed by atoms with Gasteiger partial charge in [0.2, 0.25) is 6.29 Å². The molecule has 1 aliphatic carbocycles. The smallest absolute Gasteiger partial charge is 0.410 e. The molecule has 0 bridgehead atoms. The first-order valence-electron chi connectivity index (χ1n) is 31.6. The minimum atomic E-state index is -2.12. The van der Waals surface area contributed by atoms with Gasteiger partial charge < -0.3 is 94.1 Å². The van der Waals surface area contributed by atoms with E-state index in [1.165, 1.54) is 86.8 Å². The van der Waals surface area contributed by atoms with Crippen LogP contribution in [0.4, 0.5) is 36.2 Å². The molecule has 0 radical (unpaired) electrons. The highest BCUT2D eigenvalue weighted by Crippen LogP contribution is 2.35. The number of esters is 1. The van der Waals surface area contributed by atoms with E-state index in [0.717, 1.165) is 4.90 Å². The molecule has 3 aromatic rings. The third-order valence-electron chi connectivity index (χ3n) is 16.1. The quantitative estimate of drug-likeness (QED) is 0.0181. The van der Waals surface area contributed by atoms with E-state index >= 15 is 0 Å².